The summed E-state index contributed by atoms with van der Waals surface area (Å²) in [5.41, 5.74) is 3.95. The molecule has 1 aliphatic carbocycles. The summed E-state index contributed by atoms with van der Waals surface area (Å²) in [5.74, 6) is 0.0828. The van der Waals surface area contributed by atoms with E-state index in [0.29, 0.717) is 19.1 Å². The van der Waals surface area contributed by atoms with Gasteiger partial charge in [-0.1, -0.05) is 54.6 Å². The summed E-state index contributed by atoms with van der Waals surface area (Å²) in [6.45, 7) is 1.03. The van der Waals surface area contributed by atoms with Crippen molar-refractivity contribution in [2.75, 3.05) is 13.6 Å². The topological polar surface area (TPSA) is 32.3 Å². The minimum atomic E-state index is 0.0828. The second-order valence-electron chi connectivity index (χ2n) is 6.28. The van der Waals surface area contributed by atoms with Gasteiger partial charge in [0.2, 0.25) is 5.91 Å². The van der Waals surface area contributed by atoms with Crippen LogP contribution in [0.1, 0.15) is 35.6 Å². The van der Waals surface area contributed by atoms with Crippen LogP contribution in [0.5, 0.6) is 0 Å². The first-order valence-corrected chi connectivity index (χ1v) is 8.32. The highest BCUT2D eigenvalue weighted by molar-refractivity contribution is 5.78. The number of fused-ring (bicyclic) bond motifs is 1. The molecule has 0 spiro atoms. The monoisotopic (exact) mass is 308 g/mol. The summed E-state index contributed by atoms with van der Waals surface area (Å²) >= 11 is 0. The number of likely N-dealkylation sites (N-methyl/N-ethyl adjacent to an activating group) is 1. The molecule has 3 rings (SSSR count). The van der Waals surface area contributed by atoms with Crippen molar-refractivity contribution in [1.29, 1.82) is 0 Å². The first kappa shape index (κ1) is 15.8. The molecule has 0 aliphatic heterocycles. The van der Waals surface area contributed by atoms with Gasteiger partial charge in [0, 0.05) is 12.6 Å². The van der Waals surface area contributed by atoms with Crippen molar-refractivity contribution >= 4 is 5.91 Å². The summed E-state index contributed by atoms with van der Waals surface area (Å²) < 4.78 is 0. The van der Waals surface area contributed by atoms with Crippen LogP contribution in [0.15, 0.2) is 54.6 Å². The van der Waals surface area contributed by atoms with Crippen molar-refractivity contribution in [3.05, 3.63) is 71.3 Å². The Morgan fingerprint density at radius 3 is 2.70 bits per heavy atom. The van der Waals surface area contributed by atoms with Gasteiger partial charge in [0.25, 0.3) is 0 Å². The van der Waals surface area contributed by atoms with Gasteiger partial charge in [-0.25, -0.2) is 0 Å². The zero-order chi connectivity index (χ0) is 16.1. The molecule has 0 fully saturated rings. The molecule has 1 aliphatic rings. The molecule has 1 amide bonds. The number of carbonyl (C=O) groups is 1. The highest BCUT2D eigenvalue weighted by Crippen LogP contribution is 2.33. The van der Waals surface area contributed by atoms with E-state index in [2.05, 4.69) is 41.5 Å². The number of hydrogen-bond donors (Lipinski definition) is 1. The average molecular weight is 308 g/mol. The minimum absolute atomic E-state index is 0.0828. The third-order valence-corrected chi connectivity index (χ3v) is 4.60. The molecule has 0 saturated carbocycles. The van der Waals surface area contributed by atoms with Crippen LogP contribution in [0, 0.1) is 0 Å². The van der Waals surface area contributed by atoms with Crippen molar-refractivity contribution in [3.63, 3.8) is 0 Å². The number of nitrogens with zero attached hydrogens (tertiary/aromatic N) is 1. The third kappa shape index (κ3) is 3.99. The number of benzene rings is 2. The van der Waals surface area contributed by atoms with Crippen molar-refractivity contribution in [1.82, 2.24) is 10.2 Å². The molecule has 2 aromatic carbocycles. The Labute approximate surface area is 138 Å². The number of hydrogen-bond acceptors (Lipinski definition) is 2. The lowest BCUT2D eigenvalue weighted by Gasteiger charge is -2.32. The summed E-state index contributed by atoms with van der Waals surface area (Å²) in [5, 5.41) is 3.01. The average Bonchev–Trinajstić information content (AvgIpc) is 2.60. The van der Waals surface area contributed by atoms with Gasteiger partial charge in [-0.05, 0) is 43.0 Å². The summed E-state index contributed by atoms with van der Waals surface area (Å²) in [6.07, 6.45) is 3.47. The van der Waals surface area contributed by atoms with Gasteiger partial charge in [0.05, 0.1) is 6.54 Å². The Morgan fingerprint density at radius 2 is 1.87 bits per heavy atom. The van der Waals surface area contributed by atoms with Crippen LogP contribution in [0.2, 0.25) is 0 Å². The predicted octanol–water partition coefficient (Wildman–Crippen LogP) is 3.31. The van der Waals surface area contributed by atoms with Crippen molar-refractivity contribution < 1.29 is 4.79 Å². The first-order valence-electron chi connectivity index (χ1n) is 8.32. The normalized spacial score (nSPS) is 16.9. The zero-order valence-corrected chi connectivity index (χ0v) is 13.7. The Kier molecular flexibility index (Phi) is 5.09. The van der Waals surface area contributed by atoms with Crippen LogP contribution < -0.4 is 5.32 Å². The largest absolute Gasteiger partial charge is 0.351 e. The van der Waals surface area contributed by atoms with Crippen LogP contribution in [0.4, 0.5) is 0 Å². The molecule has 0 aromatic heterocycles. The first-order chi connectivity index (χ1) is 11.2. The van der Waals surface area contributed by atoms with E-state index >= 15 is 0 Å². The molecule has 0 radical (unpaired) electrons. The lowest BCUT2D eigenvalue weighted by atomic mass is 9.87. The lowest BCUT2D eigenvalue weighted by Crippen LogP contribution is -2.37. The quantitative estimate of drug-likeness (QED) is 0.919. The van der Waals surface area contributed by atoms with Crippen LogP contribution >= 0.6 is 0 Å². The molecular formula is C20H24N2O. The standard InChI is InChI=1S/C20H24N2O/c1-22(15-20(23)21-14-16-8-3-2-4-9-16)19-13-7-11-17-10-5-6-12-18(17)19/h2-6,8-10,12,19H,7,11,13-15H2,1H3,(H,21,23)/t19-/m0/s1. The smallest absolute Gasteiger partial charge is 0.234 e. The van der Waals surface area contributed by atoms with Gasteiger partial charge in [0.15, 0.2) is 0 Å². The van der Waals surface area contributed by atoms with E-state index in [4.69, 9.17) is 0 Å². The molecule has 2 aromatic rings. The molecular weight excluding hydrogens is 284 g/mol. The molecule has 1 atom stereocenters. The maximum Gasteiger partial charge on any atom is 0.234 e. The Hall–Kier alpha value is -2.13. The van der Waals surface area contributed by atoms with Crippen LogP contribution in [-0.2, 0) is 17.8 Å². The van der Waals surface area contributed by atoms with Gasteiger partial charge in [0.1, 0.15) is 0 Å². The highest BCUT2D eigenvalue weighted by atomic mass is 16.2. The second-order valence-corrected chi connectivity index (χ2v) is 6.28. The van der Waals surface area contributed by atoms with Crippen LogP contribution in [-0.4, -0.2) is 24.4 Å². The zero-order valence-electron chi connectivity index (χ0n) is 13.7. The minimum Gasteiger partial charge on any atom is -0.351 e. The Bertz CT molecular complexity index is 654. The van der Waals surface area contributed by atoms with E-state index < -0.39 is 0 Å². The van der Waals surface area contributed by atoms with E-state index in [1.54, 1.807) is 0 Å². The molecule has 0 bridgehead atoms. The Morgan fingerprint density at radius 1 is 1.13 bits per heavy atom. The molecule has 23 heavy (non-hydrogen) atoms. The molecule has 3 nitrogen and oxygen atoms in total. The van der Waals surface area contributed by atoms with E-state index in [1.165, 1.54) is 17.5 Å². The van der Waals surface area contributed by atoms with E-state index in [9.17, 15) is 4.79 Å². The maximum atomic E-state index is 12.2. The third-order valence-electron chi connectivity index (χ3n) is 4.60. The lowest BCUT2D eigenvalue weighted by molar-refractivity contribution is -0.122. The summed E-state index contributed by atoms with van der Waals surface area (Å²) in [6, 6.07) is 19.0. The second kappa shape index (κ2) is 7.42. The Balaban J connectivity index is 1.57. The molecule has 0 heterocycles. The highest BCUT2D eigenvalue weighted by Gasteiger charge is 2.24. The predicted molar refractivity (Wildman–Crippen MR) is 93.0 cm³/mol. The van der Waals surface area contributed by atoms with Crippen LogP contribution in [0.3, 0.4) is 0 Å². The van der Waals surface area contributed by atoms with Gasteiger partial charge in [-0.2, -0.15) is 0 Å². The molecule has 0 unspecified atom stereocenters. The maximum absolute atomic E-state index is 12.2. The molecule has 0 saturated heterocycles. The fraction of sp³-hybridized carbons (Fsp3) is 0.350. The fourth-order valence-corrected chi connectivity index (χ4v) is 3.38. The number of amides is 1. The number of carbonyl (C=O) groups excluding carboxylic acids is 1. The van der Waals surface area contributed by atoms with Crippen molar-refractivity contribution in [2.24, 2.45) is 0 Å². The SMILES string of the molecule is CN(CC(=O)NCc1ccccc1)[C@H]1CCCc2ccccc21. The van der Waals surface area contributed by atoms with Crippen molar-refractivity contribution in [3.8, 4) is 0 Å². The number of nitrogens with one attached hydrogen (secondary N) is 1. The van der Waals surface area contributed by atoms with E-state index in [1.807, 2.05) is 30.3 Å². The summed E-state index contributed by atoms with van der Waals surface area (Å²) in [4.78, 5) is 14.4. The van der Waals surface area contributed by atoms with E-state index in [-0.39, 0.29) is 5.91 Å². The van der Waals surface area contributed by atoms with E-state index in [0.717, 1.165) is 18.4 Å². The van der Waals surface area contributed by atoms with Gasteiger partial charge in [-0.3, -0.25) is 9.69 Å². The van der Waals surface area contributed by atoms with Crippen LogP contribution in [0.25, 0.3) is 0 Å². The molecule has 1 N–H and O–H groups in total. The summed E-state index contributed by atoms with van der Waals surface area (Å²) in [7, 11) is 2.05. The van der Waals surface area contributed by atoms with Gasteiger partial charge in [-0.15, -0.1) is 0 Å². The fourth-order valence-electron chi connectivity index (χ4n) is 3.38. The van der Waals surface area contributed by atoms with Gasteiger partial charge < -0.3 is 5.32 Å². The van der Waals surface area contributed by atoms with Gasteiger partial charge >= 0.3 is 0 Å². The molecule has 120 valence electrons. The number of aryl methyl sites for hydroxylation is 1. The van der Waals surface area contributed by atoms with Crippen molar-refractivity contribution in [2.45, 2.75) is 31.8 Å². The molecule has 3 heteroatoms. The number of rotatable bonds is 5.